The molecule has 0 bridgehead atoms. The van der Waals surface area contributed by atoms with Crippen molar-refractivity contribution >= 4 is 23.5 Å². The topological polar surface area (TPSA) is 112 Å². The van der Waals surface area contributed by atoms with E-state index in [9.17, 15) is 19.8 Å². The lowest BCUT2D eigenvalue weighted by molar-refractivity contribution is -0.139. The zero-order chi connectivity index (χ0) is 30.2. The minimum Gasteiger partial charge on any atom is -0.508 e. The number of ether oxygens (including phenoxy) is 1. The third-order valence-corrected chi connectivity index (χ3v) is 7.04. The first kappa shape index (κ1) is 30.6. The number of aromatic nitrogens is 1. The van der Waals surface area contributed by atoms with Crippen LogP contribution < -0.4 is 10.1 Å². The third kappa shape index (κ3) is 7.87. The van der Waals surface area contributed by atoms with Gasteiger partial charge in [-0.1, -0.05) is 54.1 Å². The Hall–Kier alpha value is -4.40. The van der Waals surface area contributed by atoms with Crippen LogP contribution in [0.2, 0.25) is 5.02 Å². The van der Waals surface area contributed by atoms with E-state index >= 15 is 0 Å². The fourth-order valence-corrected chi connectivity index (χ4v) is 4.75. The second kappa shape index (κ2) is 14.0. The largest absolute Gasteiger partial charge is 0.508 e. The van der Waals surface area contributed by atoms with Crippen molar-refractivity contribution < 1.29 is 24.5 Å². The van der Waals surface area contributed by atoms with E-state index in [0.29, 0.717) is 34.2 Å². The molecule has 1 unspecified atom stereocenters. The molecule has 1 heterocycles. The maximum absolute atomic E-state index is 13.3. The van der Waals surface area contributed by atoms with Gasteiger partial charge in [0.05, 0.1) is 17.3 Å². The van der Waals surface area contributed by atoms with Crippen LogP contribution in [0.3, 0.4) is 0 Å². The molecule has 8 nitrogen and oxygen atoms in total. The lowest BCUT2D eigenvalue weighted by Gasteiger charge is -2.17. The van der Waals surface area contributed by atoms with E-state index in [4.69, 9.17) is 21.3 Å². The Kier molecular flexibility index (Phi) is 10.2. The third-order valence-electron chi connectivity index (χ3n) is 6.73. The molecule has 9 heteroatoms. The number of carboxylic acid groups (broad SMARTS) is 1. The molecule has 218 valence electrons. The molecule has 0 fully saturated rings. The Morgan fingerprint density at radius 2 is 1.79 bits per heavy atom. The Morgan fingerprint density at radius 3 is 2.50 bits per heavy atom. The molecule has 4 aromatic rings. The first-order valence-electron chi connectivity index (χ1n) is 13.6. The van der Waals surface area contributed by atoms with Gasteiger partial charge in [0.25, 0.3) is 5.91 Å². The molecule has 0 radical (unpaired) electrons. The minimum absolute atomic E-state index is 0.00463. The molecule has 1 aromatic heterocycles. The molecule has 0 aliphatic heterocycles. The van der Waals surface area contributed by atoms with Crippen LogP contribution in [0.15, 0.2) is 78.9 Å². The number of rotatable bonds is 12. The number of carbonyl (C=O) groups excluding carboxylic acids is 1. The van der Waals surface area contributed by atoms with Gasteiger partial charge >= 0.3 is 5.97 Å². The maximum Gasteiger partial charge on any atom is 0.326 e. The van der Waals surface area contributed by atoms with Crippen molar-refractivity contribution in [3.05, 3.63) is 101 Å². The number of amides is 1. The van der Waals surface area contributed by atoms with Gasteiger partial charge in [0.2, 0.25) is 0 Å². The Balaban J connectivity index is 1.69. The SMILES string of the molecule is Cc1ccccc1-c1ccc(C(=O)NC(Cc2cccc(O)c2)C(=O)O)nc1-c1ccc(Cl)c(OCCCN(C)C)c1. The van der Waals surface area contributed by atoms with Gasteiger partial charge in [0.15, 0.2) is 0 Å². The van der Waals surface area contributed by atoms with Gasteiger partial charge in [-0.05, 0) is 80.5 Å². The second-order valence-electron chi connectivity index (χ2n) is 10.3. The number of aryl methyl sites for hydroxylation is 1. The summed E-state index contributed by atoms with van der Waals surface area (Å²) in [6.45, 7) is 3.35. The molecule has 4 rings (SSSR count). The highest BCUT2D eigenvalue weighted by Crippen LogP contribution is 2.36. The highest BCUT2D eigenvalue weighted by Gasteiger charge is 2.23. The van der Waals surface area contributed by atoms with Crippen molar-refractivity contribution in [3.63, 3.8) is 0 Å². The molecule has 1 amide bonds. The lowest BCUT2D eigenvalue weighted by Crippen LogP contribution is -2.42. The molecule has 0 spiro atoms. The molecular weight excluding hydrogens is 554 g/mol. The summed E-state index contributed by atoms with van der Waals surface area (Å²) < 4.78 is 5.99. The van der Waals surface area contributed by atoms with Gasteiger partial charge in [-0.3, -0.25) is 4.79 Å². The number of aromatic hydroxyl groups is 1. The van der Waals surface area contributed by atoms with Gasteiger partial charge in [0, 0.05) is 24.1 Å². The van der Waals surface area contributed by atoms with Crippen LogP contribution in [0.4, 0.5) is 0 Å². The quantitative estimate of drug-likeness (QED) is 0.179. The van der Waals surface area contributed by atoms with E-state index in [1.807, 2.05) is 63.5 Å². The van der Waals surface area contributed by atoms with Crippen molar-refractivity contribution in [1.82, 2.24) is 15.2 Å². The van der Waals surface area contributed by atoms with Crippen molar-refractivity contribution in [2.45, 2.75) is 25.8 Å². The molecule has 0 aliphatic carbocycles. The zero-order valence-corrected chi connectivity index (χ0v) is 24.6. The van der Waals surface area contributed by atoms with Crippen molar-refractivity contribution in [3.8, 4) is 33.9 Å². The van der Waals surface area contributed by atoms with Gasteiger partial charge in [-0.15, -0.1) is 0 Å². The average Bonchev–Trinajstić information content (AvgIpc) is 2.95. The van der Waals surface area contributed by atoms with Crippen LogP contribution >= 0.6 is 11.6 Å². The van der Waals surface area contributed by atoms with Gasteiger partial charge in [0.1, 0.15) is 23.2 Å². The van der Waals surface area contributed by atoms with E-state index in [2.05, 4.69) is 10.2 Å². The molecule has 0 saturated carbocycles. The van der Waals surface area contributed by atoms with E-state index in [1.165, 1.54) is 12.1 Å². The molecule has 3 aromatic carbocycles. The van der Waals surface area contributed by atoms with Crippen LogP contribution in [-0.2, 0) is 11.2 Å². The number of nitrogens with zero attached hydrogens (tertiary/aromatic N) is 2. The fourth-order valence-electron chi connectivity index (χ4n) is 4.57. The maximum atomic E-state index is 13.3. The predicted molar refractivity (Wildman–Crippen MR) is 164 cm³/mol. The summed E-state index contributed by atoms with van der Waals surface area (Å²) in [5.74, 6) is -1.30. The van der Waals surface area contributed by atoms with Crippen LogP contribution in [0, 0.1) is 6.92 Å². The number of phenolic OH excluding ortho intramolecular Hbond substituents is 1. The number of halogens is 1. The smallest absolute Gasteiger partial charge is 0.326 e. The molecular formula is C33H34ClN3O5. The van der Waals surface area contributed by atoms with Crippen LogP contribution in [0.5, 0.6) is 11.5 Å². The summed E-state index contributed by atoms with van der Waals surface area (Å²) in [5.41, 5.74) is 4.65. The highest BCUT2D eigenvalue weighted by molar-refractivity contribution is 6.32. The summed E-state index contributed by atoms with van der Waals surface area (Å²) in [5, 5.41) is 22.6. The van der Waals surface area contributed by atoms with E-state index in [0.717, 1.165) is 29.7 Å². The first-order valence-corrected chi connectivity index (χ1v) is 14.0. The number of aliphatic carboxylic acids is 1. The standard InChI is InChI=1S/C33H34ClN3O5/c1-21-8-4-5-11-25(21)26-13-15-28(32(39)36-29(33(40)41)19-22-9-6-10-24(38)18-22)35-31(26)23-12-14-27(34)30(20-23)42-17-7-16-37(2)3/h4-6,8-15,18,20,29,38H,7,16-17,19H2,1-3H3,(H,36,39)(H,40,41). The lowest BCUT2D eigenvalue weighted by atomic mass is 9.95. The number of carboxylic acids is 1. The first-order chi connectivity index (χ1) is 20.1. The summed E-state index contributed by atoms with van der Waals surface area (Å²) >= 11 is 6.46. The van der Waals surface area contributed by atoms with Gasteiger partial charge in [-0.2, -0.15) is 0 Å². The van der Waals surface area contributed by atoms with E-state index < -0.39 is 17.9 Å². The number of hydrogen-bond acceptors (Lipinski definition) is 6. The Morgan fingerprint density at radius 1 is 1.00 bits per heavy atom. The predicted octanol–water partition coefficient (Wildman–Crippen LogP) is 5.84. The number of hydrogen-bond donors (Lipinski definition) is 3. The van der Waals surface area contributed by atoms with Crippen LogP contribution in [-0.4, -0.2) is 65.3 Å². The van der Waals surface area contributed by atoms with Gasteiger partial charge < -0.3 is 25.2 Å². The monoisotopic (exact) mass is 587 g/mol. The fraction of sp³-hybridized carbons (Fsp3) is 0.242. The summed E-state index contributed by atoms with van der Waals surface area (Å²) in [7, 11) is 4.00. The summed E-state index contributed by atoms with van der Waals surface area (Å²) in [4.78, 5) is 32.2. The average molecular weight is 588 g/mol. The van der Waals surface area contributed by atoms with Crippen molar-refractivity contribution in [2.24, 2.45) is 0 Å². The highest BCUT2D eigenvalue weighted by atomic mass is 35.5. The Labute approximate surface area is 250 Å². The zero-order valence-electron chi connectivity index (χ0n) is 23.8. The van der Waals surface area contributed by atoms with E-state index in [1.54, 1.807) is 24.3 Å². The second-order valence-corrected chi connectivity index (χ2v) is 10.7. The minimum atomic E-state index is -1.22. The number of benzene rings is 3. The normalized spacial score (nSPS) is 11.7. The van der Waals surface area contributed by atoms with Crippen molar-refractivity contribution in [2.75, 3.05) is 27.2 Å². The van der Waals surface area contributed by atoms with Crippen LogP contribution in [0.25, 0.3) is 22.4 Å². The molecule has 0 saturated heterocycles. The molecule has 0 aliphatic rings. The molecule has 42 heavy (non-hydrogen) atoms. The number of carbonyl (C=O) groups is 2. The molecule has 3 N–H and O–H groups in total. The number of pyridine rings is 1. The van der Waals surface area contributed by atoms with Gasteiger partial charge in [-0.25, -0.2) is 9.78 Å². The summed E-state index contributed by atoms with van der Waals surface area (Å²) in [6, 6.07) is 21.7. The Bertz CT molecular complexity index is 1570. The number of phenols is 1. The number of nitrogens with one attached hydrogen (secondary N) is 1. The molecule has 1 atom stereocenters. The van der Waals surface area contributed by atoms with Crippen LogP contribution in [0.1, 0.15) is 28.0 Å². The van der Waals surface area contributed by atoms with E-state index in [-0.39, 0.29) is 17.9 Å². The van der Waals surface area contributed by atoms with Crippen molar-refractivity contribution in [1.29, 1.82) is 0 Å². The summed E-state index contributed by atoms with van der Waals surface area (Å²) in [6.07, 6.45) is 0.818.